The summed E-state index contributed by atoms with van der Waals surface area (Å²) in [6.07, 6.45) is -7.58. The minimum Gasteiger partial charge on any atom is -0.467 e. The molecule has 0 aromatic heterocycles. The maximum absolute atomic E-state index is 13.5. The molecule has 2 aromatic carbocycles. The van der Waals surface area contributed by atoms with Gasteiger partial charge in [-0.25, -0.2) is 9.36 Å². The number of carbonyl (C=O) groups excluding carboxylic acids is 2. The zero-order valence-corrected chi connectivity index (χ0v) is 21.8. The third kappa shape index (κ3) is 8.97. The molecule has 208 valence electrons. The lowest BCUT2D eigenvalue weighted by Crippen LogP contribution is -2.60. The number of aliphatic hydroxyl groups is 2. The Morgan fingerprint density at radius 3 is 1.95 bits per heavy atom. The summed E-state index contributed by atoms with van der Waals surface area (Å²) in [6, 6.07) is 17.9. The van der Waals surface area contributed by atoms with Gasteiger partial charge < -0.3 is 29.2 Å². The summed E-state index contributed by atoms with van der Waals surface area (Å²) in [4.78, 5) is 23.0. The van der Waals surface area contributed by atoms with E-state index in [9.17, 15) is 24.4 Å². The summed E-state index contributed by atoms with van der Waals surface area (Å²) in [5.74, 6) is -1.53. The molecule has 1 aliphatic heterocycles. The van der Waals surface area contributed by atoms with Crippen molar-refractivity contribution in [2.24, 2.45) is 0 Å². The number of esters is 2. The van der Waals surface area contributed by atoms with E-state index in [0.717, 1.165) is 14.0 Å². The third-order valence-electron chi connectivity index (χ3n) is 5.40. The van der Waals surface area contributed by atoms with Crippen LogP contribution in [0.1, 0.15) is 18.1 Å². The molecule has 2 aromatic rings. The molecule has 12 nitrogen and oxygen atoms in total. The van der Waals surface area contributed by atoms with Crippen molar-refractivity contribution >= 4 is 19.8 Å². The first-order valence-electron chi connectivity index (χ1n) is 11.7. The van der Waals surface area contributed by atoms with Crippen LogP contribution in [0.4, 0.5) is 0 Å². The topological polar surface area (TPSA) is 156 Å². The number of methoxy groups -OCH3 is 1. The molecule has 0 aliphatic carbocycles. The number of hydrogen-bond donors (Lipinski definition) is 2. The maximum Gasteiger partial charge on any atom is 0.475 e. The quantitative estimate of drug-likeness (QED) is 0.275. The van der Waals surface area contributed by atoms with Gasteiger partial charge in [0.2, 0.25) is 0 Å². The Bertz CT molecular complexity index is 1020. The summed E-state index contributed by atoms with van der Waals surface area (Å²) in [7, 11) is -3.08. The first-order chi connectivity index (χ1) is 18.2. The normalized spacial score (nSPS) is 23.5. The second kappa shape index (κ2) is 14.5. The summed E-state index contributed by atoms with van der Waals surface area (Å²) in [6.45, 7) is -0.250. The van der Waals surface area contributed by atoms with E-state index in [-0.39, 0.29) is 13.2 Å². The zero-order valence-electron chi connectivity index (χ0n) is 20.9. The monoisotopic (exact) mass is 554 g/mol. The van der Waals surface area contributed by atoms with Crippen molar-refractivity contribution in [2.75, 3.05) is 20.3 Å². The maximum atomic E-state index is 13.5. The van der Waals surface area contributed by atoms with Crippen molar-refractivity contribution in [1.29, 1.82) is 0 Å². The van der Waals surface area contributed by atoms with E-state index < -0.39 is 63.7 Å². The first kappa shape index (κ1) is 29.9. The van der Waals surface area contributed by atoms with Crippen LogP contribution < -0.4 is 0 Å². The molecule has 13 heteroatoms. The van der Waals surface area contributed by atoms with Crippen LogP contribution in [0.5, 0.6) is 0 Å². The number of ether oxygens (including phenoxy) is 4. The van der Waals surface area contributed by atoms with Gasteiger partial charge in [-0.1, -0.05) is 60.7 Å². The van der Waals surface area contributed by atoms with Crippen LogP contribution in [0.15, 0.2) is 60.7 Å². The highest BCUT2D eigenvalue weighted by Gasteiger charge is 2.48. The molecule has 1 saturated heterocycles. The lowest BCUT2D eigenvalue weighted by Gasteiger charge is -2.41. The predicted molar refractivity (Wildman–Crippen MR) is 130 cm³/mol. The van der Waals surface area contributed by atoms with Gasteiger partial charge in [-0.05, 0) is 11.1 Å². The van der Waals surface area contributed by atoms with Gasteiger partial charge in [0.25, 0.3) is 0 Å². The number of phosphoric acid groups is 1. The van der Waals surface area contributed by atoms with Crippen LogP contribution in [0.3, 0.4) is 0 Å². The lowest BCUT2D eigenvalue weighted by molar-refractivity contribution is -0.302. The van der Waals surface area contributed by atoms with Gasteiger partial charge in [0, 0.05) is 6.92 Å². The molecule has 5 atom stereocenters. The fourth-order valence-electron chi connectivity index (χ4n) is 3.44. The number of phosphoric ester groups is 1. The van der Waals surface area contributed by atoms with E-state index in [4.69, 9.17) is 27.8 Å². The van der Waals surface area contributed by atoms with E-state index in [1.165, 1.54) is 0 Å². The molecule has 1 fully saturated rings. The van der Waals surface area contributed by atoms with Crippen molar-refractivity contribution in [3.8, 4) is 0 Å². The highest BCUT2D eigenvalue weighted by molar-refractivity contribution is 7.48. The number of carbonyl (C=O) groups is 2. The van der Waals surface area contributed by atoms with Gasteiger partial charge in [0.1, 0.15) is 24.9 Å². The van der Waals surface area contributed by atoms with E-state index >= 15 is 0 Å². The van der Waals surface area contributed by atoms with E-state index in [2.05, 4.69) is 4.74 Å². The van der Waals surface area contributed by atoms with Crippen LogP contribution in [0.2, 0.25) is 0 Å². The summed E-state index contributed by atoms with van der Waals surface area (Å²) in [5.41, 5.74) is 1.43. The van der Waals surface area contributed by atoms with Crippen molar-refractivity contribution in [3.05, 3.63) is 71.8 Å². The smallest absolute Gasteiger partial charge is 0.467 e. The van der Waals surface area contributed by atoms with Crippen molar-refractivity contribution in [1.82, 2.24) is 0 Å². The average molecular weight is 554 g/mol. The molecule has 0 spiro atoms. The summed E-state index contributed by atoms with van der Waals surface area (Å²) >= 11 is 0. The molecule has 0 radical (unpaired) electrons. The van der Waals surface area contributed by atoms with E-state index in [1.54, 1.807) is 48.5 Å². The third-order valence-corrected chi connectivity index (χ3v) is 6.76. The Morgan fingerprint density at radius 1 is 0.895 bits per heavy atom. The second-order valence-corrected chi connectivity index (χ2v) is 9.92. The Hall–Kier alpha value is -2.67. The molecular formula is C25H31O12P. The summed E-state index contributed by atoms with van der Waals surface area (Å²) in [5, 5.41) is 21.2. The number of aliphatic hydroxyl groups excluding tert-OH is 2. The molecule has 0 amide bonds. The molecule has 38 heavy (non-hydrogen) atoms. The minimum atomic E-state index is -4.23. The van der Waals surface area contributed by atoms with Crippen LogP contribution in [0, 0.1) is 0 Å². The van der Waals surface area contributed by atoms with Crippen LogP contribution >= 0.6 is 7.82 Å². The van der Waals surface area contributed by atoms with E-state index in [0.29, 0.717) is 11.1 Å². The van der Waals surface area contributed by atoms with Crippen LogP contribution in [0.25, 0.3) is 0 Å². The van der Waals surface area contributed by atoms with Gasteiger partial charge in [-0.2, -0.15) is 0 Å². The lowest BCUT2D eigenvalue weighted by atomic mass is 9.99. The molecule has 1 aliphatic rings. The Balaban J connectivity index is 1.71. The molecular weight excluding hydrogens is 523 g/mol. The first-order valence-corrected chi connectivity index (χ1v) is 13.2. The number of rotatable bonds is 13. The van der Waals surface area contributed by atoms with E-state index in [1.807, 2.05) is 12.1 Å². The molecule has 0 bridgehead atoms. The Morgan fingerprint density at radius 2 is 1.45 bits per heavy atom. The fourth-order valence-corrected chi connectivity index (χ4v) is 4.60. The van der Waals surface area contributed by atoms with Crippen molar-refractivity contribution in [2.45, 2.75) is 50.8 Å². The van der Waals surface area contributed by atoms with Gasteiger partial charge in [-0.15, -0.1) is 0 Å². The molecule has 2 N–H and O–H groups in total. The predicted octanol–water partition coefficient (Wildman–Crippen LogP) is 2.11. The highest BCUT2D eigenvalue weighted by Crippen LogP contribution is 2.51. The summed E-state index contributed by atoms with van der Waals surface area (Å²) < 4.78 is 50.6. The van der Waals surface area contributed by atoms with Crippen LogP contribution in [-0.2, 0) is 59.9 Å². The standard InChI is InChI=1S/C25H31O12P/c1-17(26)36-24-23(29)22(28)20(37-25(24)32-16-21(27)31-2)15-35-38(30,33-13-18-9-5-3-6-10-18)34-14-19-11-7-4-8-12-19/h3-12,20,22-25,28-29H,13-16H2,1-2H3/t20?,22-,23-,24?,25+/m0/s1. The van der Waals surface area contributed by atoms with Crippen molar-refractivity contribution in [3.63, 3.8) is 0 Å². The molecule has 0 saturated carbocycles. The highest BCUT2D eigenvalue weighted by atomic mass is 31.2. The Labute approximate surface area is 219 Å². The SMILES string of the molecule is COC(=O)CO[C@@H]1OC(COP(=O)(OCc2ccccc2)OCc2ccccc2)[C@H](O)[C@H](O)C1OC(C)=O. The average Bonchev–Trinajstić information content (AvgIpc) is 2.93. The van der Waals surface area contributed by atoms with Gasteiger partial charge in [0.05, 0.1) is 26.9 Å². The molecule has 2 unspecified atom stereocenters. The number of hydrogen-bond acceptors (Lipinski definition) is 12. The Kier molecular flexibility index (Phi) is 11.4. The minimum absolute atomic E-state index is 0.0942. The molecule has 3 rings (SSSR count). The van der Waals surface area contributed by atoms with Crippen LogP contribution in [-0.4, -0.2) is 73.2 Å². The fraction of sp³-hybridized carbons (Fsp3) is 0.440. The zero-order chi connectivity index (χ0) is 27.5. The van der Waals surface area contributed by atoms with Gasteiger partial charge in [0.15, 0.2) is 12.4 Å². The second-order valence-electron chi connectivity index (χ2n) is 8.25. The number of benzene rings is 2. The van der Waals surface area contributed by atoms with Crippen molar-refractivity contribution < 1.29 is 56.9 Å². The molecule has 1 heterocycles. The van der Waals surface area contributed by atoms with Gasteiger partial charge >= 0.3 is 19.8 Å². The van der Waals surface area contributed by atoms with Gasteiger partial charge in [-0.3, -0.25) is 18.4 Å². The largest absolute Gasteiger partial charge is 0.475 e.